The van der Waals surface area contributed by atoms with Crippen molar-refractivity contribution >= 4 is 23.2 Å². The van der Waals surface area contributed by atoms with E-state index in [4.69, 9.17) is 0 Å². The third kappa shape index (κ3) is 4.01. The predicted molar refractivity (Wildman–Crippen MR) is 97.8 cm³/mol. The van der Waals surface area contributed by atoms with E-state index in [0.717, 1.165) is 12.6 Å². The summed E-state index contributed by atoms with van der Waals surface area (Å²) in [6, 6.07) is 16.2. The Kier molecular flexibility index (Phi) is 6.69. The molecule has 1 fully saturated rings. The van der Waals surface area contributed by atoms with Crippen molar-refractivity contribution in [2.45, 2.75) is 38.8 Å². The molecule has 0 aromatic heterocycles. The Hall–Kier alpha value is -1.09. The molecule has 0 spiro atoms. The molecule has 0 bridgehead atoms. The molecule has 2 nitrogen and oxygen atoms in total. The van der Waals surface area contributed by atoms with E-state index >= 15 is 0 Å². The normalized spacial score (nSPS) is 15.9. The summed E-state index contributed by atoms with van der Waals surface area (Å²) in [5.41, 5.74) is 1.47. The summed E-state index contributed by atoms with van der Waals surface area (Å²) in [6.45, 7) is 6.91. The molecule has 2 aromatic rings. The third-order valence-corrected chi connectivity index (χ3v) is 4.59. The van der Waals surface area contributed by atoms with Crippen LogP contribution in [0.15, 0.2) is 42.5 Å². The lowest BCUT2D eigenvalue weighted by molar-refractivity contribution is 0.154. The summed E-state index contributed by atoms with van der Waals surface area (Å²) in [6.07, 6.45) is 3.80. The van der Waals surface area contributed by atoms with Crippen LogP contribution >= 0.6 is 12.4 Å². The van der Waals surface area contributed by atoms with Gasteiger partial charge in [0.2, 0.25) is 0 Å². The topological polar surface area (TPSA) is 15.3 Å². The Labute approximate surface area is 140 Å². The maximum absolute atomic E-state index is 3.48. The Bertz CT molecular complexity index is 573. The van der Waals surface area contributed by atoms with Gasteiger partial charge in [-0.1, -0.05) is 49.4 Å². The number of benzene rings is 2. The van der Waals surface area contributed by atoms with Crippen molar-refractivity contribution < 1.29 is 0 Å². The van der Waals surface area contributed by atoms with Gasteiger partial charge in [0.15, 0.2) is 0 Å². The molecular formula is C19H27ClN2. The van der Waals surface area contributed by atoms with Gasteiger partial charge in [-0.2, -0.15) is 0 Å². The molecule has 0 radical (unpaired) electrons. The van der Waals surface area contributed by atoms with Crippen molar-refractivity contribution in [1.82, 2.24) is 10.2 Å². The zero-order valence-electron chi connectivity index (χ0n) is 13.4. The number of halogens is 1. The molecule has 2 aromatic carbocycles. The molecule has 22 heavy (non-hydrogen) atoms. The molecule has 3 heteroatoms. The quantitative estimate of drug-likeness (QED) is 0.887. The zero-order valence-corrected chi connectivity index (χ0v) is 14.2. The minimum absolute atomic E-state index is 0. The standard InChI is InChI=1S/C19H26N2.ClH/c1-2-14-21(18-10-12-20-13-11-18)15-17-8-5-7-16-6-3-4-9-19(16)17;/h3-9,18,20H,2,10-15H2,1H3;1H. The van der Waals surface area contributed by atoms with E-state index in [-0.39, 0.29) is 12.4 Å². The highest BCUT2D eigenvalue weighted by Gasteiger charge is 2.20. The van der Waals surface area contributed by atoms with Crippen LogP contribution in [0.1, 0.15) is 31.7 Å². The molecule has 0 saturated carbocycles. The fourth-order valence-electron chi connectivity index (χ4n) is 3.50. The van der Waals surface area contributed by atoms with Gasteiger partial charge in [-0.05, 0) is 55.2 Å². The van der Waals surface area contributed by atoms with Crippen LogP contribution in [-0.4, -0.2) is 30.6 Å². The first kappa shape index (κ1) is 17.3. The van der Waals surface area contributed by atoms with Crippen molar-refractivity contribution in [1.29, 1.82) is 0 Å². The Morgan fingerprint density at radius 2 is 1.77 bits per heavy atom. The third-order valence-electron chi connectivity index (χ3n) is 4.59. The van der Waals surface area contributed by atoms with Crippen LogP contribution < -0.4 is 5.32 Å². The van der Waals surface area contributed by atoms with Crippen LogP contribution in [0.25, 0.3) is 10.8 Å². The first-order valence-electron chi connectivity index (χ1n) is 8.30. The van der Waals surface area contributed by atoms with Crippen LogP contribution in [0.5, 0.6) is 0 Å². The van der Waals surface area contributed by atoms with Gasteiger partial charge in [-0.3, -0.25) is 4.90 Å². The van der Waals surface area contributed by atoms with Crippen LogP contribution in [0.4, 0.5) is 0 Å². The summed E-state index contributed by atoms with van der Waals surface area (Å²) in [7, 11) is 0. The van der Waals surface area contributed by atoms with Crippen molar-refractivity contribution in [3.8, 4) is 0 Å². The van der Waals surface area contributed by atoms with E-state index in [1.807, 2.05) is 0 Å². The molecule has 120 valence electrons. The second-order valence-electron chi connectivity index (χ2n) is 6.09. The second-order valence-corrected chi connectivity index (χ2v) is 6.09. The smallest absolute Gasteiger partial charge is 0.0242 e. The molecule has 1 aliphatic heterocycles. The largest absolute Gasteiger partial charge is 0.317 e. The monoisotopic (exact) mass is 318 g/mol. The molecule has 0 atom stereocenters. The Morgan fingerprint density at radius 1 is 1.05 bits per heavy atom. The van der Waals surface area contributed by atoms with Gasteiger partial charge in [-0.15, -0.1) is 12.4 Å². The number of hydrogen-bond donors (Lipinski definition) is 1. The molecular weight excluding hydrogens is 292 g/mol. The highest BCUT2D eigenvalue weighted by atomic mass is 35.5. The number of nitrogens with zero attached hydrogens (tertiary/aromatic N) is 1. The molecule has 0 aliphatic carbocycles. The molecule has 1 heterocycles. The highest BCUT2D eigenvalue weighted by molar-refractivity contribution is 5.85. The average Bonchev–Trinajstić information content (AvgIpc) is 2.55. The SMILES string of the molecule is CCCN(Cc1cccc2ccccc12)C1CCNCC1.Cl. The van der Waals surface area contributed by atoms with E-state index in [1.54, 1.807) is 0 Å². The van der Waals surface area contributed by atoms with E-state index in [2.05, 4.69) is 59.6 Å². The van der Waals surface area contributed by atoms with E-state index in [1.165, 1.54) is 55.2 Å². The lowest BCUT2D eigenvalue weighted by atomic mass is 10.0. The average molecular weight is 319 g/mol. The lowest BCUT2D eigenvalue weighted by Crippen LogP contribution is -2.43. The van der Waals surface area contributed by atoms with E-state index < -0.39 is 0 Å². The van der Waals surface area contributed by atoms with Gasteiger partial charge in [-0.25, -0.2) is 0 Å². The summed E-state index contributed by atoms with van der Waals surface area (Å²) >= 11 is 0. The molecule has 0 amide bonds. The van der Waals surface area contributed by atoms with E-state index in [9.17, 15) is 0 Å². The fourth-order valence-corrected chi connectivity index (χ4v) is 3.50. The van der Waals surface area contributed by atoms with Gasteiger partial charge in [0.05, 0.1) is 0 Å². The highest BCUT2D eigenvalue weighted by Crippen LogP contribution is 2.22. The van der Waals surface area contributed by atoms with Crippen LogP contribution in [-0.2, 0) is 6.54 Å². The van der Waals surface area contributed by atoms with Crippen LogP contribution in [0.2, 0.25) is 0 Å². The van der Waals surface area contributed by atoms with Gasteiger partial charge in [0, 0.05) is 12.6 Å². The molecule has 1 aliphatic rings. The summed E-state index contributed by atoms with van der Waals surface area (Å²) < 4.78 is 0. The Morgan fingerprint density at radius 3 is 2.55 bits per heavy atom. The lowest BCUT2D eigenvalue weighted by Gasteiger charge is -2.34. The van der Waals surface area contributed by atoms with E-state index in [0.29, 0.717) is 0 Å². The summed E-state index contributed by atoms with van der Waals surface area (Å²) in [5, 5.41) is 6.25. The number of fused-ring (bicyclic) bond motifs is 1. The van der Waals surface area contributed by atoms with Gasteiger partial charge >= 0.3 is 0 Å². The molecule has 1 saturated heterocycles. The van der Waals surface area contributed by atoms with Gasteiger partial charge in [0.1, 0.15) is 0 Å². The first-order chi connectivity index (χ1) is 10.4. The maximum Gasteiger partial charge on any atom is 0.0242 e. The zero-order chi connectivity index (χ0) is 14.5. The van der Waals surface area contributed by atoms with Crippen molar-refractivity contribution in [3.63, 3.8) is 0 Å². The van der Waals surface area contributed by atoms with Gasteiger partial charge < -0.3 is 5.32 Å². The minimum Gasteiger partial charge on any atom is -0.317 e. The molecule has 1 N–H and O–H groups in total. The summed E-state index contributed by atoms with van der Waals surface area (Å²) in [4.78, 5) is 2.70. The fraction of sp³-hybridized carbons (Fsp3) is 0.474. The first-order valence-corrected chi connectivity index (χ1v) is 8.30. The number of rotatable bonds is 5. The van der Waals surface area contributed by atoms with Crippen molar-refractivity contribution in [3.05, 3.63) is 48.0 Å². The summed E-state index contributed by atoms with van der Waals surface area (Å²) in [5.74, 6) is 0. The molecule has 3 rings (SSSR count). The van der Waals surface area contributed by atoms with Crippen molar-refractivity contribution in [2.75, 3.05) is 19.6 Å². The van der Waals surface area contributed by atoms with Crippen molar-refractivity contribution in [2.24, 2.45) is 0 Å². The second kappa shape index (κ2) is 8.52. The Balaban J connectivity index is 0.00000176. The van der Waals surface area contributed by atoms with Crippen LogP contribution in [0, 0.1) is 0 Å². The van der Waals surface area contributed by atoms with Crippen LogP contribution in [0.3, 0.4) is 0 Å². The maximum atomic E-state index is 3.48. The number of piperidine rings is 1. The number of nitrogens with one attached hydrogen (secondary N) is 1. The van der Waals surface area contributed by atoms with Gasteiger partial charge in [0.25, 0.3) is 0 Å². The predicted octanol–water partition coefficient (Wildman–Crippen LogP) is 4.23. The minimum atomic E-state index is 0. The number of hydrogen-bond acceptors (Lipinski definition) is 2. The molecule has 0 unspecified atom stereocenters.